The molecule has 8 heteroatoms. The average Bonchev–Trinajstić information content (AvgIpc) is 3.64. The van der Waals surface area contributed by atoms with Crippen LogP contribution in [-0.2, 0) is 13.0 Å². The van der Waals surface area contributed by atoms with Crippen LogP contribution in [0.3, 0.4) is 0 Å². The third-order valence-electron chi connectivity index (χ3n) is 6.29. The minimum Gasteiger partial charge on any atom is -0.497 e. The number of ether oxygens (including phenoxy) is 2. The van der Waals surface area contributed by atoms with Gasteiger partial charge in [-0.1, -0.05) is 24.3 Å². The normalized spacial score (nSPS) is 12.8. The van der Waals surface area contributed by atoms with Crippen LogP contribution < -0.4 is 14.8 Å². The Morgan fingerprint density at radius 1 is 0.889 bits per heavy atom. The molecule has 0 spiro atoms. The van der Waals surface area contributed by atoms with E-state index in [1.807, 2.05) is 49.6 Å². The fourth-order valence-corrected chi connectivity index (χ4v) is 5.17. The molecule has 0 aliphatic rings. The largest absolute Gasteiger partial charge is 0.497 e. The van der Waals surface area contributed by atoms with Gasteiger partial charge in [-0.3, -0.25) is 3.97 Å². The van der Waals surface area contributed by atoms with Gasteiger partial charge in [-0.05, 0) is 79.1 Å². The van der Waals surface area contributed by atoms with Crippen molar-refractivity contribution >= 4 is 11.9 Å². The summed E-state index contributed by atoms with van der Waals surface area (Å²) in [6.45, 7) is 1.91. The number of aromatic nitrogens is 4. The first kappa shape index (κ1) is 25.9. The van der Waals surface area contributed by atoms with Crippen LogP contribution in [-0.4, -0.2) is 51.1 Å². The zero-order valence-electron chi connectivity index (χ0n) is 21.0. The first-order chi connectivity index (χ1) is 17.7. The van der Waals surface area contributed by atoms with Gasteiger partial charge in [-0.25, -0.2) is 9.97 Å². The molecule has 0 saturated carbocycles. The molecule has 0 aliphatic carbocycles. The number of nitrogens with one attached hydrogen (secondary N) is 1. The molecule has 0 aliphatic heterocycles. The Balaban J connectivity index is 1.46. The topological polar surface area (TPSA) is 66.1 Å². The van der Waals surface area contributed by atoms with Gasteiger partial charge in [0, 0.05) is 43.1 Å². The second-order valence-electron chi connectivity index (χ2n) is 8.78. The Morgan fingerprint density at radius 2 is 1.58 bits per heavy atom. The molecule has 190 valence electrons. The van der Waals surface area contributed by atoms with Crippen LogP contribution in [0.5, 0.6) is 11.5 Å². The van der Waals surface area contributed by atoms with Crippen molar-refractivity contribution in [1.82, 2.24) is 23.8 Å². The van der Waals surface area contributed by atoms with Gasteiger partial charge in [-0.15, -0.1) is 0 Å². The number of nitrogens with zero attached hydrogens (tertiary/aromatic N) is 4. The summed E-state index contributed by atoms with van der Waals surface area (Å²) in [6, 6.07) is 17.3. The molecular weight excluding hydrogens is 470 g/mol. The maximum Gasteiger partial charge on any atom is 0.118 e. The summed E-state index contributed by atoms with van der Waals surface area (Å²) in [4.78, 5) is 8.33. The van der Waals surface area contributed by atoms with Gasteiger partial charge < -0.3 is 19.4 Å². The van der Waals surface area contributed by atoms with Gasteiger partial charge in [0.05, 0.1) is 20.5 Å². The summed E-state index contributed by atoms with van der Waals surface area (Å²) in [6.07, 6.45) is 14.4. The van der Waals surface area contributed by atoms with E-state index in [0.717, 1.165) is 49.6 Å². The number of methoxy groups -OCH3 is 2. The van der Waals surface area contributed by atoms with E-state index in [2.05, 4.69) is 60.2 Å². The fraction of sp³-hybridized carbons (Fsp3) is 0.357. The highest BCUT2D eigenvalue weighted by Gasteiger charge is 2.20. The molecule has 0 saturated heterocycles. The van der Waals surface area contributed by atoms with Crippen molar-refractivity contribution in [3.05, 3.63) is 97.1 Å². The number of hydrogen-bond donors (Lipinski definition) is 1. The summed E-state index contributed by atoms with van der Waals surface area (Å²) in [7, 11) is 3.41. The third kappa shape index (κ3) is 7.90. The van der Waals surface area contributed by atoms with Crippen LogP contribution in [0, 0.1) is 0 Å². The predicted octanol–water partition coefficient (Wildman–Crippen LogP) is 5.06. The van der Waals surface area contributed by atoms with E-state index in [9.17, 15) is 0 Å². The Morgan fingerprint density at radius 3 is 2.22 bits per heavy atom. The Kier molecular flexibility index (Phi) is 9.87. The van der Waals surface area contributed by atoms with Crippen LogP contribution in [0.2, 0.25) is 0 Å². The number of rotatable bonds is 15. The highest BCUT2D eigenvalue weighted by atomic mass is 32.2. The van der Waals surface area contributed by atoms with Crippen molar-refractivity contribution < 1.29 is 9.47 Å². The van der Waals surface area contributed by atoms with E-state index in [-0.39, 0.29) is 0 Å². The standard InChI is InChI=1S/C28H35N5O2S/c1-34-27-8-4-23(5-9-27)18-25(24-6-10-28(35-2)11-7-24)19-26(20-36-33-17-14-30-22-33)31-12-3-15-32-16-13-29-21-32/h4-11,13-14,16-17,21-22,25-26,31H,3,12,15,18-20H2,1-2H3. The lowest BCUT2D eigenvalue weighted by atomic mass is 9.87. The highest BCUT2D eigenvalue weighted by molar-refractivity contribution is 7.97. The molecule has 2 aromatic heterocycles. The maximum absolute atomic E-state index is 5.41. The second-order valence-corrected chi connectivity index (χ2v) is 9.79. The molecule has 2 atom stereocenters. The van der Waals surface area contributed by atoms with E-state index in [1.165, 1.54) is 11.1 Å². The molecular formula is C28H35N5O2S. The molecule has 2 heterocycles. The molecule has 4 aromatic rings. The van der Waals surface area contributed by atoms with E-state index >= 15 is 0 Å². The van der Waals surface area contributed by atoms with Crippen molar-refractivity contribution in [3.63, 3.8) is 0 Å². The molecule has 2 unspecified atom stereocenters. The monoisotopic (exact) mass is 505 g/mol. The lowest BCUT2D eigenvalue weighted by molar-refractivity contribution is 0.413. The average molecular weight is 506 g/mol. The summed E-state index contributed by atoms with van der Waals surface area (Å²) < 4.78 is 15.0. The van der Waals surface area contributed by atoms with Crippen LogP contribution in [0.15, 0.2) is 86.0 Å². The fourth-order valence-electron chi connectivity index (χ4n) is 4.30. The number of aryl methyl sites for hydroxylation is 1. The van der Waals surface area contributed by atoms with Crippen molar-refractivity contribution in [2.45, 2.75) is 37.8 Å². The van der Waals surface area contributed by atoms with Crippen LogP contribution >= 0.6 is 11.9 Å². The quantitative estimate of drug-likeness (QED) is 0.228. The Hall–Kier alpha value is -3.23. The van der Waals surface area contributed by atoms with Crippen molar-refractivity contribution in [3.8, 4) is 11.5 Å². The summed E-state index contributed by atoms with van der Waals surface area (Å²) in [5.41, 5.74) is 2.63. The number of hydrogen-bond acceptors (Lipinski definition) is 6. The number of imidazole rings is 2. The van der Waals surface area contributed by atoms with E-state index in [4.69, 9.17) is 9.47 Å². The van der Waals surface area contributed by atoms with Crippen LogP contribution in [0.25, 0.3) is 0 Å². The first-order valence-corrected chi connectivity index (χ1v) is 13.2. The van der Waals surface area contributed by atoms with Crippen molar-refractivity contribution in [2.75, 3.05) is 26.5 Å². The molecule has 7 nitrogen and oxygen atoms in total. The molecule has 2 aromatic carbocycles. The molecule has 4 rings (SSSR count). The molecule has 0 fully saturated rings. The third-order valence-corrected chi connectivity index (χ3v) is 7.35. The molecule has 0 bridgehead atoms. The SMILES string of the molecule is COc1ccc(CC(CC(CSn2ccnc2)NCCCn2ccnc2)c2ccc(OC)cc2)cc1. The molecule has 1 N–H and O–H groups in total. The Bertz CT molecular complexity index is 1120. The van der Waals surface area contributed by atoms with E-state index < -0.39 is 0 Å². The zero-order valence-corrected chi connectivity index (χ0v) is 21.8. The molecule has 0 radical (unpaired) electrons. The molecule has 0 amide bonds. The zero-order chi connectivity index (χ0) is 25.0. The highest BCUT2D eigenvalue weighted by Crippen LogP contribution is 2.29. The minimum atomic E-state index is 0.338. The summed E-state index contributed by atoms with van der Waals surface area (Å²) in [5.74, 6) is 3.08. The summed E-state index contributed by atoms with van der Waals surface area (Å²) >= 11 is 1.79. The predicted molar refractivity (Wildman–Crippen MR) is 146 cm³/mol. The van der Waals surface area contributed by atoms with Gasteiger partial charge in [0.2, 0.25) is 0 Å². The first-order valence-electron chi connectivity index (χ1n) is 12.3. The van der Waals surface area contributed by atoms with Crippen molar-refractivity contribution in [2.24, 2.45) is 0 Å². The summed E-state index contributed by atoms with van der Waals surface area (Å²) in [5, 5.41) is 3.84. The smallest absolute Gasteiger partial charge is 0.118 e. The van der Waals surface area contributed by atoms with Gasteiger partial charge in [0.25, 0.3) is 0 Å². The lowest BCUT2D eigenvalue weighted by Crippen LogP contribution is -2.35. The lowest BCUT2D eigenvalue weighted by Gasteiger charge is -2.25. The van der Waals surface area contributed by atoms with Gasteiger partial charge in [0.15, 0.2) is 0 Å². The van der Waals surface area contributed by atoms with E-state index in [0.29, 0.717) is 12.0 Å². The van der Waals surface area contributed by atoms with Crippen LogP contribution in [0.4, 0.5) is 0 Å². The second kappa shape index (κ2) is 13.8. The maximum atomic E-state index is 5.41. The van der Waals surface area contributed by atoms with E-state index in [1.54, 1.807) is 26.2 Å². The minimum absolute atomic E-state index is 0.338. The van der Waals surface area contributed by atoms with Gasteiger partial charge in [0.1, 0.15) is 17.8 Å². The van der Waals surface area contributed by atoms with Gasteiger partial charge in [-0.2, -0.15) is 0 Å². The van der Waals surface area contributed by atoms with Gasteiger partial charge >= 0.3 is 0 Å². The molecule has 36 heavy (non-hydrogen) atoms. The number of benzene rings is 2. The van der Waals surface area contributed by atoms with Crippen LogP contribution in [0.1, 0.15) is 29.9 Å². The Labute approximate surface area is 218 Å². The van der Waals surface area contributed by atoms with Crippen molar-refractivity contribution in [1.29, 1.82) is 0 Å².